The van der Waals surface area contributed by atoms with Gasteiger partial charge < -0.3 is 10.0 Å². The van der Waals surface area contributed by atoms with E-state index in [4.69, 9.17) is 0 Å². The molecule has 1 N–H and O–H groups in total. The molecule has 1 unspecified atom stereocenters. The molecule has 0 fully saturated rings. The van der Waals surface area contributed by atoms with Crippen molar-refractivity contribution in [3.63, 3.8) is 0 Å². The van der Waals surface area contributed by atoms with Crippen LogP contribution >= 0.6 is 0 Å². The second kappa shape index (κ2) is 11.3. The Morgan fingerprint density at radius 3 is 2.26 bits per heavy atom. The van der Waals surface area contributed by atoms with E-state index in [1.54, 1.807) is 0 Å². The van der Waals surface area contributed by atoms with Gasteiger partial charge in [-0.1, -0.05) is 64.7 Å². The summed E-state index contributed by atoms with van der Waals surface area (Å²) in [7, 11) is 0. The quantitative estimate of drug-likeness (QED) is 0.549. The summed E-state index contributed by atoms with van der Waals surface area (Å²) in [4.78, 5) is 6.28. The molecule has 1 rings (SSSR count). The molecule has 3 nitrogen and oxygen atoms in total. The van der Waals surface area contributed by atoms with Crippen LogP contribution in [0.4, 0.5) is 0 Å². The summed E-state index contributed by atoms with van der Waals surface area (Å²) in [6.45, 7) is 4.90. The van der Waals surface area contributed by atoms with E-state index in [1.165, 1.54) is 57.8 Å². The Hall–Kier alpha value is -0.570. The maximum absolute atomic E-state index is 9.91. The molecule has 0 aliphatic carbocycles. The van der Waals surface area contributed by atoms with Gasteiger partial charge in [0.1, 0.15) is 0 Å². The van der Waals surface area contributed by atoms with E-state index in [1.807, 2.05) is 6.34 Å². The summed E-state index contributed by atoms with van der Waals surface area (Å²) >= 11 is 0. The molecule has 0 saturated carbocycles. The second-order valence-corrected chi connectivity index (χ2v) is 5.79. The van der Waals surface area contributed by atoms with Crippen LogP contribution in [0, 0.1) is 0 Å². The van der Waals surface area contributed by atoms with Crippen molar-refractivity contribution in [3.8, 4) is 0 Å². The Balaban J connectivity index is 1.80. The predicted molar refractivity (Wildman–Crippen MR) is 82.8 cm³/mol. The van der Waals surface area contributed by atoms with Gasteiger partial charge in [0.2, 0.25) is 0 Å². The first kappa shape index (κ1) is 16.5. The number of β-amino-alcohol motifs (C(OH)–C–C–N with tert-alkyl or cyclic N) is 1. The van der Waals surface area contributed by atoms with Crippen molar-refractivity contribution >= 4 is 6.34 Å². The molecule has 0 radical (unpaired) electrons. The van der Waals surface area contributed by atoms with E-state index >= 15 is 0 Å². The molecule has 0 aromatic heterocycles. The number of aliphatic hydroxyl groups excluding tert-OH is 1. The Labute approximate surface area is 119 Å². The Bertz CT molecular complexity index is 231. The van der Waals surface area contributed by atoms with Crippen molar-refractivity contribution in [2.75, 3.05) is 19.6 Å². The SMILES string of the molecule is CCCCCCCCCCCC(O)CN1C=NCC1. The first-order chi connectivity index (χ1) is 9.33. The number of aliphatic imine (C=N–C) groups is 1. The van der Waals surface area contributed by atoms with Gasteiger partial charge in [-0.05, 0) is 6.42 Å². The summed E-state index contributed by atoms with van der Waals surface area (Å²) in [6, 6.07) is 0. The van der Waals surface area contributed by atoms with Crippen LogP contribution in [-0.4, -0.2) is 42.1 Å². The monoisotopic (exact) mass is 268 g/mol. The number of hydrogen-bond donors (Lipinski definition) is 1. The lowest BCUT2D eigenvalue weighted by atomic mass is 10.0. The first-order valence-electron chi connectivity index (χ1n) is 8.25. The minimum Gasteiger partial charge on any atom is -0.391 e. The first-order valence-corrected chi connectivity index (χ1v) is 8.25. The molecule has 112 valence electrons. The second-order valence-electron chi connectivity index (χ2n) is 5.79. The van der Waals surface area contributed by atoms with Gasteiger partial charge in [-0.15, -0.1) is 0 Å². The zero-order valence-electron chi connectivity index (χ0n) is 12.7. The molecular formula is C16H32N2O. The van der Waals surface area contributed by atoms with Crippen molar-refractivity contribution in [3.05, 3.63) is 0 Å². The van der Waals surface area contributed by atoms with E-state index in [-0.39, 0.29) is 6.10 Å². The van der Waals surface area contributed by atoms with Crippen LogP contribution in [0.2, 0.25) is 0 Å². The Morgan fingerprint density at radius 1 is 1.05 bits per heavy atom. The lowest BCUT2D eigenvalue weighted by Crippen LogP contribution is -2.30. The van der Waals surface area contributed by atoms with Crippen LogP contribution in [0.3, 0.4) is 0 Å². The normalized spacial score (nSPS) is 16.2. The predicted octanol–water partition coefficient (Wildman–Crippen LogP) is 3.61. The van der Waals surface area contributed by atoms with E-state index < -0.39 is 0 Å². The molecule has 1 atom stereocenters. The lowest BCUT2D eigenvalue weighted by Gasteiger charge is -2.18. The van der Waals surface area contributed by atoms with Crippen molar-refractivity contribution in [2.45, 2.75) is 77.2 Å². The third kappa shape index (κ3) is 9.04. The van der Waals surface area contributed by atoms with Crippen LogP contribution < -0.4 is 0 Å². The number of aliphatic hydroxyl groups is 1. The number of nitrogens with zero attached hydrogens (tertiary/aromatic N) is 2. The number of unbranched alkanes of at least 4 members (excludes halogenated alkanes) is 8. The molecular weight excluding hydrogens is 236 g/mol. The molecule has 1 aliphatic rings. The third-order valence-corrected chi connectivity index (χ3v) is 3.85. The largest absolute Gasteiger partial charge is 0.391 e. The fraction of sp³-hybridized carbons (Fsp3) is 0.938. The summed E-state index contributed by atoms with van der Waals surface area (Å²) in [5, 5.41) is 9.91. The fourth-order valence-corrected chi connectivity index (χ4v) is 2.61. The molecule has 1 heterocycles. The van der Waals surface area contributed by atoms with Crippen molar-refractivity contribution in [2.24, 2.45) is 4.99 Å². The maximum Gasteiger partial charge on any atom is 0.0852 e. The van der Waals surface area contributed by atoms with Crippen molar-refractivity contribution in [1.82, 2.24) is 4.90 Å². The molecule has 0 bridgehead atoms. The fourth-order valence-electron chi connectivity index (χ4n) is 2.61. The minimum atomic E-state index is -0.172. The van der Waals surface area contributed by atoms with E-state index in [0.717, 1.165) is 26.1 Å². The zero-order valence-corrected chi connectivity index (χ0v) is 12.7. The molecule has 19 heavy (non-hydrogen) atoms. The maximum atomic E-state index is 9.91. The Morgan fingerprint density at radius 2 is 1.68 bits per heavy atom. The van der Waals surface area contributed by atoms with E-state index in [0.29, 0.717) is 0 Å². The molecule has 0 aromatic rings. The zero-order chi connectivity index (χ0) is 13.8. The highest BCUT2D eigenvalue weighted by molar-refractivity contribution is 5.56. The smallest absolute Gasteiger partial charge is 0.0852 e. The topological polar surface area (TPSA) is 35.8 Å². The highest BCUT2D eigenvalue weighted by atomic mass is 16.3. The average Bonchev–Trinajstić information content (AvgIpc) is 2.89. The molecule has 1 aliphatic heterocycles. The lowest BCUT2D eigenvalue weighted by molar-refractivity contribution is 0.135. The Kier molecular flexibility index (Phi) is 9.78. The molecule has 0 spiro atoms. The van der Waals surface area contributed by atoms with Crippen molar-refractivity contribution in [1.29, 1.82) is 0 Å². The highest BCUT2D eigenvalue weighted by Crippen LogP contribution is 2.11. The van der Waals surface area contributed by atoms with Gasteiger partial charge in [0.15, 0.2) is 0 Å². The number of rotatable bonds is 12. The molecule has 0 amide bonds. The van der Waals surface area contributed by atoms with Crippen LogP contribution in [-0.2, 0) is 0 Å². The van der Waals surface area contributed by atoms with Crippen LogP contribution in [0.25, 0.3) is 0 Å². The summed E-state index contributed by atoms with van der Waals surface area (Å²) in [6.07, 6.45) is 14.7. The van der Waals surface area contributed by atoms with Crippen LogP contribution in [0.5, 0.6) is 0 Å². The molecule has 0 aromatic carbocycles. The van der Waals surface area contributed by atoms with Gasteiger partial charge in [0, 0.05) is 13.1 Å². The van der Waals surface area contributed by atoms with Gasteiger partial charge in [-0.3, -0.25) is 4.99 Å². The van der Waals surface area contributed by atoms with E-state index in [2.05, 4.69) is 16.8 Å². The van der Waals surface area contributed by atoms with Crippen LogP contribution in [0.15, 0.2) is 4.99 Å². The summed E-state index contributed by atoms with van der Waals surface area (Å²) < 4.78 is 0. The average molecular weight is 268 g/mol. The van der Waals surface area contributed by atoms with Gasteiger partial charge in [-0.25, -0.2) is 0 Å². The third-order valence-electron chi connectivity index (χ3n) is 3.85. The molecule has 0 saturated heterocycles. The van der Waals surface area contributed by atoms with Gasteiger partial charge in [0.25, 0.3) is 0 Å². The number of hydrogen-bond acceptors (Lipinski definition) is 3. The van der Waals surface area contributed by atoms with E-state index in [9.17, 15) is 5.11 Å². The standard InChI is InChI=1S/C16H32N2O/c1-2-3-4-5-6-7-8-9-10-11-16(19)14-18-13-12-17-15-18/h15-16,19H,2-14H2,1H3. The summed E-state index contributed by atoms with van der Waals surface area (Å²) in [5.41, 5.74) is 0. The highest BCUT2D eigenvalue weighted by Gasteiger charge is 2.11. The van der Waals surface area contributed by atoms with Crippen molar-refractivity contribution < 1.29 is 5.11 Å². The van der Waals surface area contributed by atoms with Gasteiger partial charge in [-0.2, -0.15) is 0 Å². The van der Waals surface area contributed by atoms with Gasteiger partial charge >= 0.3 is 0 Å². The van der Waals surface area contributed by atoms with Crippen LogP contribution in [0.1, 0.15) is 71.1 Å². The summed E-state index contributed by atoms with van der Waals surface area (Å²) in [5.74, 6) is 0. The minimum absolute atomic E-state index is 0.172. The molecule has 3 heteroatoms. The van der Waals surface area contributed by atoms with Gasteiger partial charge in [0.05, 0.1) is 19.0 Å².